The summed E-state index contributed by atoms with van der Waals surface area (Å²) >= 11 is 0. The van der Waals surface area contributed by atoms with Crippen LogP contribution in [0.15, 0.2) is 48.5 Å². The number of hydrogen-bond acceptors (Lipinski definition) is 7. The molecule has 0 bridgehead atoms. The topological polar surface area (TPSA) is 140 Å². The maximum Gasteiger partial charge on any atom is 0.335 e. The molecule has 0 aromatic heterocycles. The van der Waals surface area contributed by atoms with Gasteiger partial charge in [0.1, 0.15) is 23.1 Å². The third-order valence-electron chi connectivity index (χ3n) is 9.35. The van der Waals surface area contributed by atoms with Crippen LogP contribution in [0.1, 0.15) is 74.2 Å². The van der Waals surface area contributed by atoms with Gasteiger partial charge >= 0.3 is 5.97 Å². The molecule has 1 aliphatic carbocycles. The zero-order valence-electron chi connectivity index (χ0n) is 24.8. The van der Waals surface area contributed by atoms with E-state index in [0.717, 1.165) is 37.7 Å². The molecule has 2 heterocycles. The monoisotopic (exact) mass is 593 g/mol. The first kappa shape index (κ1) is 31.0. The van der Waals surface area contributed by atoms with Gasteiger partial charge in [0.15, 0.2) is 0 Å². The average Bonchev–Trinajstić information content (AvgIpc) is 3.01. The van der Waals surface area contributed by atoms with Crippen LogP contribution in [0.3, 0.4) is 0 Å². The van der Waals surface area contributed by atoms with Gasteiger partial charge in [-0.1, -0.05) is 31.4 Å². The van der Waals surface area contributed by atoms with Crippen LogP contribution >= 0.6 is 0 Å². The molecule has 10 nitrogen and oxygen atoms in total. The van der Waals surface area contributed by atoms with Gasteiger partial charge in [0, 0.05) is 26.2 Å². The van der Waals surface area contributed by atoms with E-state index in [-0.39, 0.29) is 29.8 Å². The summed E-state index contributed by atoms with van der Waals surface area (Å²) in [6.07, 6.45) is 4.73. The Morgan fingerprint density at radius 2 is 1.58 bits per heavy atom. The second kappa shape index (κ2) is 13.4. The van der Waals surface area contributed by atoms with Crippen molar-refractivity contribution in [2.45, 2.75) is 88.6 Å². The molecule has 3 atom stereocenters. The normalized spacial score (nSPS) is 22.7. The van der Waals surface area contributed by atoms with E-state index in [9.17, 15) is 24.6 Å². The highest BCUT2D eigenvalue weighted by molar-refractivity contribution is 6.00. The lowest BCUT2D eigenvalue weighted by atomic mass is 9.78. The molecule has 1 spiro atoms. The van der Waals surface area contributed by atoms with E-state index < -0.39 is 29.8 Å². The number of aliphatic hydroxyl groups excluding tert-OH is 2. The van der Waals surface area contributed by atoms with Gasteiger partial charge in [0.2, 0.25) is 11.8 Å². The molecular formula is C33H43N3O7. The fourth-order valence-electron chi connectivity index (χ4n) is 6.76. The number of carbonyl (C=O) groups is 3. The zero-order chi connectivity index (χ0) is 30.6. The molecule has 2 aromatic rings. The van der Waals surface area contributed by atoms with Gasteiger partial charge in [-0.15, -0.1) is 0 Å². The number of amides is 2. The van der Waals surface area contributed by atoms with E-state index >= 15 is 0 Å². The second-order valence-corrected chi connectivity index (χ2v) is 12.4. The van der Waals surface area contributed by atoms with Gasteiger partial charge in [-0.3, -0.25) is 14.5 Å². The fraction of sp³-hybridized carbons (Fsp3) is 0.545. The molecule has 5 rings (SSSR count). The summed E-state index contributed by atoms with van der Waals surface area (Å²) in [5.74, 6) is -0.226. The molecule has 1 saturated carbocycles. The van der Waals surface area contributed by atoms with E-state index in [4.69, 9.17) is 9.84 Å². The smallest absolute Gasteiger partial charge is 0.335 e. The molecule has 4 N–H and O–H groups in total. The molecule has 1 unspecified atom stereocenters. The van der Waals surface area contributed by atoms with Crippen LogP contribution in [-0.2, 0) is 16.1 Å². The highest BCUT2D eigenvalue weighted by atomic mass is 16.5. The van der Waals surface area contributed by atoms with Gasteiger partial charge in [0.05, 0.1) is 17.8 Å². The zero-order valence-corrected chi connectivity index (χ0v) is 24.8. The summed E-state index contributed by atoms with van der Waals surface area (Å²) in [4.78, 5) is 42.6. The maximum absolute atomic E-state index is 13.8. The lowest BCUT2D eigenvalue weighted by molar-refractivity contribution is -0.166. The number of benzene rings is 2. The Morgan fingerprint density at radius 3 is 2.16 bits per heavy atom. The number of piperazine rings is 1. The Kier molecular flexibility index (Phi) is 9.68. The maximum atomic E-state index is 13.8. The van der Waals surface area contributed by atoms with Crippen molar-refractivity contribution in [3.8, 4) is 11.5 Å². The molecule has 43 heavy (non-hydrogen) atoms. The number of carboxylic acid groups (broad SMARTS) is 1. The van der Waals surface area contributed by atoms with Gasteiger partial charge in [-0.2, -0.15) is 0 Å². The number of piperidine rings is 1. The second-order valence-electron chi connectivity index (χ2n) is 12.4. The Labute approximate surface area is 252 Å². The number of aliphatic hydroxyl groups is 2. The number of rotatable bonds is 10. The number of aromatic carboxylic acids is 1. The largest absolute Gasteiger partial charge is 0.478 e. The third kappa shape index (κ3) is 7.03. The minimum absolute atomic E-state index is 0.00628. The van der Waals surface area contributed by atoms with Crippen molar-refractivity contribution in [1.82, 2.24) is 15.1 Å². The minimum atomic E-state index is -0.987. The number of likely N-dealkylation sites (tertiary alicyclic amines) is 1. The van der Waals surface area contributed by atoms with Crippen LogP contribution in [0.2, 0.25) is 0 Å². The number of hydrogen-bond donors (Lipinski definition) is 4. The number of ether oxygens (including phenoxy) is 1. The summed E-state index contributed by atoms with van der Waals surface area (Å²) in [5.41, 5.74) is 0.290. The van der Waals surface area contributed by atoms with Crippen molar-refractivity contribution in [2.75, 3.05) is 19.6 Å². The van der Waals surface area contributed by atoms with E-state index in [1.54, 1.807) is 24.0 Å². The number of carboxylic acids is 1. The first-order chi connectivity index (χ1) is 20.7. The summed E-state index contributed by atoms with van der Waals surface area (Å²) in [7, 11) is 0. The third-order valence-corrected chi connectivity index (χ3v) is 9.35. The van der Waals surface area contributed by atoms with Crippen molar-refractivity contribution in [3.63, 3.8) is 0 Å². The molecule has 2 aromatic carbocycles. The van der Waals surface area contributed by atoms with E-state index in [1.807, 2.05) is 24.3 Å². The van der Waals surface area contributed by atoms with Crippen molar-refractivity contribution in [1.29, 1.82) is 0 Å². The molecular weight excluding hydrogens is 550 g/mol. The molecule has 2 amide bonds. The lowest BCUT2D eigenvalue weighted by Gasteiger charge is -2.52. The van der Waals surface area contributed by atoms with Gasteiger partial charge in [-0.25, -0.2) is 4.79 Å². The van der Waals surface area contributed by atoms with E-state index in [0.29, 0.717) is 50.4 Å². The highest BCUT2D eigenvalue weighted by Gasteiger charge is 2.55. The van der Waals surface area contributed by atoms with Crippen LogP contribution in [0.25, 0.3) is 0 Å². The van der Waals surface area contributed by atoms with Crippen molar-refractivity contribution < 1.29 is 34.4 Å². The molecule has 232 valence electrons. The Balaban J connectivity index is 1.21. The minimum Gasteiger partial charge on any atom is -0.478 e. The molecule has 2 saturated heterocycles. The average molecular weight is 594 g/mol. The summed E-state index contributed by atoms with van der Waals surface area (Å²) in [6.45, 7) is 3.88. The Morgan fingerprint density at radius 1 is 0.977 bits per heavy atom. The van der Waals surface area contributed by atoms with Crippen molar-refractivity contribution in [2.24, 2.45) is 5.92 Å². The molecule has 3 fully saturated rings. The molecule has 3 aliphatic rings. The highest BCUT2D eigenvalue weighted by Crippen LogP contribution is 2.36. The first-order valence-electron chi connectivity index (χ1n) is 15.5. The van der Waals surface area contributed by atoms with Crippen LogP contribution < -0.4 is 10.1 Å². The van der Waals surface area contributed by atoms with Crippen LogP contribution in [0, 0.1) is 5.92 Å². The summed E-state index contributed by atoms with van der Waals surface area (Å²) < 4.78 is 5.85. The number of nitrogens with one attached hydrogen (secondary N) is 1. The fourth-order valence-corrected chi connectivity index (χ4v) is 6.76. The summed E-state index contributed by atoms with van der Waals surface area (Å²) in [6, 6.07) is 13.0. The van der Waals surface area contributed by atoms with E-state index in [1.165, 1.54) is 12.1 Å². The van der Waals surface area contributed by atoms with Gasteiger partial charge in [0.25, 0.3) is 0 Å². The standard InChI is InChI=1S/C33H43N3O7/c1-22(37)15-18-36-30(39)28(29(38)24-5-3-2-4-6-24)34-32(42)33(36)16-19-35(20-17-33)21-23-7-11-26(12-8-23)43-27-13-9-25(10-14-27)31(40)41/h7-14,22,24,28-29,37-38H,2-6,15-21H2,1H3,(H,34,42)(H,40,41)/t22?,28-,29-/m1/s1. The van der Waals surface area contributed by atoms with Crippen molar-refractivity contribution in [3.05, 3.63) is 59.7 Å². The van der Waals surface area contributed by atoms with Gasteiger partial charge in [-0.05, 0) is 86.9 Å². The predicted molar refractivity (Wildman–Crippen MR) is 160 cm³/mol. The van der Waals surface area contributed by atoms with Crippen LogP contribution in [0.5, 0.6) is 11.5 Å². The van der Waals surface area contributed by atoms with Gasteiger partial charge < -0.3 is 30.3 Å². The number of carbonyl (C=O) groups excluding carboxylic acids is 2. The Hall–Kier alpha value is -3.47. The molecule has 10 heteroatoms. The molecule has 0 radical (unpaired) electrons. The SMILES string of the molecule is CC(O)CCN1C(=O)[C@@H]([C@H](O)C2CCCCC2)NC(=O)C12CCN(Cc1ccc(Oc3ccc(C(=O)O)cc3)cc1)CC2. The molecule has 2 aliphatic heterocycles. The first-order valence-corrected chi connectivity index (χ1v) is 15.5. The predicted octanol–water partition coefficient (Wildman–Crippen LogP) is 3.55. The van der Waals surface area contributed by atoms with Crippen LogP contribution in [-0.4, -0.2) is 86.3 Å². The van der Waals surface area contributed by atoms with E-state index in [2.05, 4.69) is 10.2 Å². The lowest BCUT2D eigenvalue weighted by Crippen LogP contribution is -2.75. The quantitative estimate of drug-likeness (QED) is 0.328. The summed E-state index contributed by atoms with van der Waals surface area (Å²) in [5, 5.41) is 33.2. The Bertz CT molecular complexity index is 1270. The van der Waals surface area contributed by atoms with Crippen molar-refractivity contribution >= 4 is 17.8 Å². The number of nitrogens with zero attached hydrogens (tertiary/aromatic N) is 2. The van der Waals surface area contributed by atoms with Crippen LogP contribution in [0.4, 0.5) is 0 Å².